The van der Waals surface area contributed by atoms with Crippen LogP contribution in [0, 0.1) is 0 Å². The quantitative estimate of drug-likeness (QED) is 0.881. The van der Waals surface area contributed by atoms with Crippen molar-refractivity contribution in [2.24, 2.45) is 0 Å². The van der Waals surface area contributed by atoms with Gasteiger partial charge in [-0.1, -0.05) is 25.4 Å². The second kappa shape index (κ2) is 6.87. The minimum atomic E-state index is -0.285. The fraction of sp³-hybridized carbons (Fsp3) is 0.294. The van der Waals surface area contributed by atoms with Crippen molar-refractivity contribution in [3.63, 3.8) is 0 Å². The molecule has 1 heterocycles. The van der Waals surface area contributed by atoms with Gasteiger partial charge in [-0.05, 0) is 29.8 Å². The maximum absolute atomic E-state index is 12.3. The highest BCUT2D eigenvalue weighted by Crippen LogP contribution is 2.34. The number of carbonyl (C=O) groups excluding carboxylic acids is 1. The van der Waals surface area contributed by atoms with Gasteiger partial charge in [0.25, 0.3) is 5.91 Å². The maximum Gasteiger partial charge on any atom is 0.251 e. The van der Waals surface area contributed by atoms with Gasteiger partial charge in [0.05, 0.1) is 12.1 Å². The number of nitrogens with one attached hydrogen (secondary N) is 1. The summed E-state index contributed by atoms with van der Waals surface area (Å²) < 4.78 is 5.01. The van der Waals surface area contributed by atoms with Crippen molar-refractivity contribution >= 4 is 17.5 Å². The summed E-state index contributed by atoms with van der Waals surface area (Å²) in [6.07, 6.45) is 3.45. The first-order valence-electron chi connectivity index (χ1n) is 7.10. The third-order valence-electron chi connectivity index (χ3n) is 3.66. The predicted molar refractivity (Wildman–Crippen MR) is 89.3 cm³/mol. The van der Waals surface area contributed by atoms with Crippen LogP contribution in [0.25, 0.3) is 0 Å². The number of carbonyl (C=O) groups is 1. The monoisotopic (exact) mass is 334 g/mol. The van der Waals surface area contributed by atoms with Gasteiger partial charge in [-0.25, -0.2) is 0 Å². The summed E-state index contributed by atoms with van der Waals surface area (Å²) in [7, 11) is 1.40. The van der Waals surface area contributed by atoms with Gasteiger partial charge < -0.3 is 15.2 Å². The number of ether oxygens (including phenoxy) is 1. The maximum atomic E-state index is 12.3. The van der Waals surface area contributed by atoms with Gasteiger partial charge >= 0.3 is 0 Å². The molecular weight excluding hydrogens is 316 g/mol. The SMILES string of the molecule is COc1cc(C(=O)NCC(C)(C)c2ccncc2)cc(Cl)c1O. The zero-order chi connectivity index (χ0) is 17.0. The van der Waals surface area contributed by atoms with E-state index in [4.69, 9.17) is 16.3 Å². The summed E-state index contributed by atoms with van der Waals surface area (Å²) >= 11 is 5.91. The molecule has 6 heteroatoms. The second-order valence-electron chi connectivity index (χ2n) is 5.81. The van der Waals surface area contributed by atoms with Crippen LogP contribution < -0.4 is 10.1 Å². The average molecular weight is 335 g/mol. The molecule has 23 heavy (non-hydrogen) atoms. The molecule has 0 aliphatic carbocycles. The van der Waals surface area contributed by atoms with E-state index in [9.17, 15) is 9.90 Å². The van der Waals surface area contributed by atoms with Gasteiger partial charge in [0.2, 0.25) is 0 Å². The van der Waals surface area contributed by atoms with Gasteiger partial charge in [-0.15, -0.1) is 0 Å². The second-order valence-corrected chi connectivity index (χ2v) is 6.22. The number of methoxy groups -OCH3 is 1. The van der Waals surface area contributed by atoms with E-state index < -0.39 is 0 Å². The Morgan fingerprint density at radius 1 is 1.35 bits per heavy atom. The number of amides is 1. The molecule has 2 N–H and O–H groups in total. The summed E-state index contributed by atoms with van der Waals surface area (Å²) in [6, 6.07) is 6.71. The lowest BCUT2D eigenvalue weighted by atomic mass is 9.85. The van der Waals surface area contributed by atoms with Crippen LogP contribution in [0.2, 0.25) is 5.02 Å². The smallest absolute Gasteiger partial charge is 0.251 e. The summed E-state index contributed by atoms with van der Waals surface area (Å²) in [4.78, 5) is 16.3. The number of benzene rings is 1. The minimum absolute atomic E-state index is 0.0721. The van der Waals surface area contributed by atoms with Crippen molar-refractivity contribution in [2.75, 3.05) is 13.7 Å². The zero-order valence-corrected chi connectivity index (χ0v) is 14.0. The molecule has 2 aromatic rings. The van der Waals surface area contributed by atoms with E-state index in [0.717, 1.165) is 5.56 Å². The van der Waals surface area contributed by atoms with Crippen LogP contribution in [0.1, 0.15) is 29.8 Å². The number of rotatable bonds is 5. The molecule has 2 rings (SSSR count). The number of phenolic OH excluding ortho intramolecular Hbond substituents is 1. The van der Waals surface area contributed by atoms with Gasteiger partial charge in [-0.2, -0.15) is 0 Å². The molecule has 0 radical (unpaired) electrons. The molecule has 0 bridgehead atoms. The molecule has 0 unspecified atom stereocenters. The molecule has 0 fully saturated rings. The Morgan fingerprint density at radius 2 is 2.00 bits per heavy atom. The first-order valence-corrected chi connectivity index (χ1v) is 7.48. The molecule has 0 spiro atoms. The van der Waals surface area contributed by atoms with E-state index >= 15 is 0 Å². The Labute approximate surface area is 140 Å². The van der Waals surface area contributed by atoms with E-state index in [1.54, 1.807) is 12.4 Å². The molecule has 0 saturated heterocycles. The van der Waals surface area contributed by atoms with E-state index in [1.807, 2.05) is 26.0 Å². The first-order chi connectivity index (χ1) is 10.8. The van der Waals surface area contributed by atoms with E-state index in [2.05, 4.69) is 10.3 Å². The number of aromatic hydroxyl groups is 1. The lowest BCUT2D eigenvalue weighted by Gasteiger charge is -2.25. The molecule has 1 amide bonds. The van der Waals surface area contributed by atoms with E-state index in [1.165, 1.54) is 19.2 Å². The standard InChI is InChI=1S/C17H19ClN2O3/c1-17(2,12-4-6-19-7-5-12)10-20-16(22)11-8-13(18)15(21)14(9-11)23-3/h4-9,21H,10H2,1-3H3,(H,20,22). The predicted octanol–water partition coefficient (Wildman–Crippen LogP) is 3.16. The lowest BCUT2D eigenvalue weighted by molar-refractivity contribution is 0.0945. The van der Waals surface area contributed by atoms with Crippen LogP contribution in [0.5, 0.6) is 11.5 Å². The number of halogens is 1. The molecule has 1 aromatic carbocycles. The fourth-order valence-electron chi connectivity index (χ4n) is 2.17. The van der Waals surface area contributed by atoms with Crippen molar-refractivity contribution in [1.82, 2.24) is 10.3 Å². The number of nitrogens with zero attached hydrogens (tertiary/aromatic N) is 1. The molecular formula is C17H19ClN2O3. The Balaban J connectivity index is 2.12. The van der Waals surface area contributed by atoms with Crippen molar-refractivity contribution in [3.05, 3.63) is 52.8 Å². The highest BCUT2D eigenvalue weighted by molar-refractivity contribution is 6.32. The summed E-state index contributed by atoms with van der Waals surface area (Å²) in [6.45, 7) is 4.51. The number of pyridine rings is 1. The topological polar surface area (TPSA) is 71.5 Å². The highest BCUT2D eigenvalue weighted by atomic mass is 35.5. The summed E-state index contributed by atoms with van der Waals surface area (Å²) in [5.74, 6) is -0.300. The van der Waals surface area contributed by atoms with Crippen LogP contribution in [0.4, 0.5) is 0 Å². The Morgan fingerprint density at radius 3 is 2.61 bits per heavy atom. The van der Waals surface area contributed by atoms with Gasteiger partial charge in [0.15, 0.2) is 11.5 Å². The normalized spacial score (nSPS) is 11.1. The Kier molecular flexibility index (Phi) is 5.11. The lowest BCUT2D eigenvalue weighted by Crippen LogP contribution is -2.36. The minimum Gasteiger partial charge on any atom is -0.503 e. The number of hydrogen-bond acceptors (Lipinski definition) is 4. The van der Waals surface area contributed by atoms with E-state index in [0.29, 0.717) is 12.1 Å². The number of phenols is 1. The third-order valence-corrected chi connectivity index (χ3v) is 3.95. The van der Waals surface area contributed by atoms with Crippen LogP contribution in [0.3, 0.4) is 0 Å². The largest absolute Gasteiger partial charge is 0.503 e. The number of aromatic nitrogens is 1. The van der Waals surface area contributed by atoms with Crippen LogP contribution in [0.15, 0.2) is 36.7 Å². The van der Waals surface area contributed by atoms with Gasteiger partial charge in [0.1, 0.15) is 0 Å². The highest BCUT2D eigenvalue weighted by Gasteiger charge is 2.22. The Hall–Kier alpha value is -2.27. The third kappa shape index (κ3) is 3.93. The van der Waals surface area contributed by atoms with Crippen molar-refractivity contribution in [1.29, 1.82) is 0 Å². The molecule has 0 aliphatic heterocycles. The molecule has 1 aromatic heterocycles. The van der Waals surface area contributed by atoms with Crippen molar-refractivity contribution < 1.29 is 14.6 Å². The molecule has 5 nitrogen and oxygen atoms in total. The van der Waals surface area contributed by atoms with Crippen LogP contribution in [-0.4, -0.2) is 29.7 Å². The first kappa shape index (κ1) is 17.1. The molecule has 0 saturated carbocycles. The summed E-state index contributed by atoms with van der Waals surface area (Å²) in [5.41, 5.74) is 1.16. The summed E-state index contributed by atoms with van der Waals surface area (Å²) in [5, 5.41) is 12.7. The van der Waals surface area contributed by atoms with Gasteiger partial charge in [0, 0.05) is 29.9 Å². The van der Waals surface area contributed by atoms with Crippen LogP contribution in [-0.2, 0) is 5.41 Å². The zero-order valence-electron chi connectivity index (χ0n) is 13.3. The number of hydrogen-bond donors (Lipinski definition) is 2. The Bertz CT molecular complexity index is 702. The fourth-order valence-corrected chi connectivity index (χ4v) is 2.38. The van der Waals surface area contributed by atoms with Gasteiger partial charge in [-0.3, -0.25) is 9.78 Å². The molecule has 0 atom stereocenters. The molecule has 0 aliphatic rings. The van der Waals surface area contributed by atoms with Crippen molar-refractivity contribution in [2.45, 2.75) is 19.3 Å². The van der Waals surface area contributed by atoms with Crippen molar-refractivity contribution in [3.8, 4) is 11.5 Å². The van der Waals surface area contributed by atoms with E-state index in [-0.39, 0.29) is 27.8 Å². The molecule has 122 valence electrons. The van der Waals surface area contributed by atoms with Crippen LogP contribution >= 0.6 is 11.6 Å². The average Bonchev–Trinajstić information content (AvgIpc) is 2.56.